The zero-order valence-corrected chi connectivity index (χ0v) is 7.77. The van der Waals surface area contributed by atoms with Gasteiger partial charge in [-0.25, -0.2) is 0 Å². The van der Waals surface area contributed by atoms with Crippen molar-refractivity contribution in [2.24, 2.45) is 5.92 Å². The molecular formula is C9H14ClNO. The minimum atomic E-state index is 0. The van der Waals surface area contributed by atoms with Crippen LogP contribution in [0.3, 0.4) is 0 Å². The molecule has 2 heterocycles. The van der Waals surface area contributed by atoms with E-state index in [1.807, 2.05) is 6.07 Å². The zero-order chi connectivity index (χ0) is 7.52. The van der Waals surface area contributed by atoms with Crippen molar-refractivity contribution < 1.29 is 4.42 Å². The Hall–Kier alpha value is -0.470. The van der Waals surface area contributed by atoms with Gasteiger partial charge in [0, 0.05) is 6.42 Å². The van der Waals surface area contributed by atoms with Gasteiger partial charge in [-0.3, -0.25) is 0 Å². The van der Waals surface area contributed by atoms with E-state index < -0.39 is 0 Å². The van der Waals surface area contributed by atoms with Gasteiger partial charge in [-0.15, -0.1) is 12.4 Å². The van der Waals surface area contributed by atoms with E-state index in [0.29, 0.717) is 0 Å². The predicted octanol–water partition coefficient (Wildman–Crippen LogP) is 1.85. The number of hydrogen-bond donors (Lipinski definition) is 1. The molecule has 0 saturated carbocycles. The van der Waals surface area contributed by atoms with E-state index in [4.69, 9.17) is 4.42 Å². The molecule has 0 bridgehead atoms. The molecule has 3 heteroatoms. The second kappa shape index (κ2) is 4.53. The van der Waals surface area contributed by atoms with Crippen LogP contribution in [0.15, 0.2) is 22.8 Å². The summed E-state index contributed by atoms with van der Waals surface area (Å²) in [5, 5.41) is 3.34. The maximum atomic E-state index is 5.27. The molecule has 1 unspecified atom stereocenters. The summed E-state index contributed by atoms with van der Waals surface area (Å²) in [4.78, 5) is 0. The van der Waals surface area contributed by atoms with Gasteiger partial charge in [0.15, 0.2) is 0 Å². The van der Waals surface area contributed by atoms with Crippen LogP contribution in [0.5, 0.6) is 0 Å². The minimum Gasteiger partial charge on any atom is -0.469 e. The highest BCUT2D eigenvalue weighted by atomic mass is 35.5. The van der Waals surface area contributed by atoms with Gasteiger partial charge >= 0.3 is 0 Å². The first-order valence-corrected chi connectivity index (χ1v) is 4.18. The molecule has 0 radical (unpaired) electrons. The van der Waals surface area contributed by atoms with Gasteiger partial charge in [0.1, 0.15) is 5.76 Å². The molecule has 1 N–H and O–H groups in total. The van der Waals surface area contributed by atoms with Gasteiger partial charge in [0.25, 0.3) is 0 Å². The van der Waals surface area contributed by atoms with Crippen molar-refractivity contribution in [3.63, 3.8) is 0 Å². The SMILES string of the molecule is Cl.c1coc(CC2CCNC2)c1. The molecule has 1 atom stereocenters. The molecule has 1 aliphatic rings. The second-order valence-corrected chi connectivity index (χ2v) is 3.14. The van der Waals surface area contributed by atoms with Gasteiger partial charge in [0.05, 0.1) is 6.26 Å². The van der Waals surface area contributed by atoms with Crippen LogP contribution in [-0.2, 0) is 6.42 Å². The van der Waals surface area contributed by atoms with E-state index in [0.717, 1.165) is 24.6 Å². The van der Waals surface area contributed by atoms with E-state index in [9.17, 15) is 0 Å². The molecule has 1 aromatic heterocycles. The van der Waals surface area contributed by atoms with Gasteiger partial charge in [-0.1, -0.05) is 0 Å². The lowest BCUT2D eigenvalue weighted by molar-refractivity contribution is 0.456. The van der Waals surface area contributed by atoms with Crippen LogP contribution in [-0.4, -0.2) is 13.1 Å². The van der Waals surface area contributed by atoms with E-state index in [2.05, 4.69) is 11.4 Å². The molecule has 0 spiro atoms. The predicted molar refractivity (Wildman–Crippen MR) is 50.6 cm³/mol. The third kappa shape index (κ3) is 2.26. The molecule has 12 heavy (non-hydrogen) atoms. The number of furan rings is 1. The van der Waals surface area contributed by atoms with Crippen LogP contribution < -0.4 is 5.32 Å². The largest absolute Gasteiger partial charge is 0.469 e. The van der Waals surface area contributed by atoms with Crippen LogP contribution in [0.4, 0.5) is 0 Å². The summed E-state index contributed by atoms with van der Waals surface area (Å²) in [6.07, 6.45) is 4.14. The monoisotopic (exact) mass is 187 g/mol. The third-order valence-corrected chi connectivity index (χ3v) is 2.23. The lowest BCUT2D eigenvalue weighted by atomic mass is 10.0. The second-order valence-electron chi connectivity index (χ2n) is 3.14. The van der Waals surface area contributed by atoms with Crippen LogP contribution >= 0.6 is 12.4 Å². The highest BCUT2D eigenvalue weighted by Crippen LogP contribution is 2.14. The molecule has 0 amide bonds. The Labute approximate surface area is 78.7 Å². The van der Waals surface area contributed by atoms with Crippen molar-refractivity contribution in [3.05, 3.63) is 24.2 Å². The lowest BCUT2D eigenvalue weighted by Crippen LogP contribution is -2.10. The summed E-state index contributed by atoms with van der Waals surface area (Å²) in [6, 6.07) is 4.01. The fraction of sp³-hybridized carbons (Fsp3) is 0.556. The first-order valence-electron chi connectivity index (χ1n) is 4.18. The molecule has 0 aromatic carbocycles. The smallest absolute Gasteiger partial charge is 0.104 e. The van der Waals surface area contributed by atoms with Crippen molar-refractivity contribution >= 4 is 12.4 Å². The Morgan fingerprint density at radius 2 is 2.50 bits per heavy atom. The lowest BCUT2D eigenvalue weighted by Gasteiger charge is -2.03. The maximum absolute atomic E-state index is 5.27. The minimum absolute atomic E-state index is 0. The van der Waals surface area contributed by atoms with E-state index in [1.165, 1.54) is 13.0 Å². The van der Waals surface area contributed by atoms with Crippen molar-refractivity contribution in [1.29, 1.82) is 0 Å². The van der Waals surface area contributed by atoms with Crippen molar-refractivity contribution in [2.75, 3.05) is 13.1 Å². The number of halogens is 1. The van der Waals surface area contributed by atoms with Gasteiger partial charge < -0.3 is 9.73 Å². The first-order chi connectivity index (χ1) is 5.45. The van der Waals surface area contributed by atoms with Gasteiger partial charge in [-0.2, -0.15) is 0 Å². The van der Waals surface area contributed by atoms with Crippen LogP contribution in [0.25, 0.3) is 0 Å². The molecule has 2 rings (SSSR count). The molecule has 1 saturated heterocycles. The Bertz CT molecular complexity index is 204. The fourth-order valence-corrected chi connectivity index (χ4v) is 1.60. The Balaban J connectivity index is 0.000000720. The topological polar surface area (TPSA) is 25.2 Å². The van der Waals surface area contributed by atoms with Crippen LogP contribution in [0, 0.1) is 5.92 Å². The number of nitrogens with one attached hydrogen (secondary N) is 1. The highest BCUT2D eigenvalue weighted by Gasteiger charge is 2.15. The quantitative estimate of drug-likeness (QED) is 0.765. The van der Waals surface area contributed by atoms with E-state index >= 15 is 0 Å². The molecule has 68 valence electrons. The summed E-state index contributed by atoms with van der Waals surface area (Å²) < 4.78 is 5.27. The summed E-state index contributed by atoms with van der Waals surface area (Å²) in [5.41, 5.74) is 0. The standard InChI is InChI=1S/C9H13NO.ClH/c1-2-9(11-5-1)6-8-3-4-10-7-8;/h1-2,5,8,10H,3-4,6-7H2;1H. The first kappa shape index (κ1) is 9.62. The van der Waals surface area contributed by atoms with Crippen molar-refractivity contribution in [3.8, 4) is 0 Å². The molecule has 2 nitrogen and oxygen atoms in total. The normalized spacial score (nSPS) is 22.2. The van der Waals surface area contributed by atoms with Crippen molar-refractivity contribution in [1.82, 2.24) is 5.32 Å². The average Bonchev–Trinajstić information content (AvgIpc) is 2.60. The van der Waals surface area contributed by atoms with Crippen LogP contribution in [0.2, 0.25) is 0 Å². The summed E-state index contributed by atoms with van der Waals surface area (Å²) in [7, 11) is 0. The summed E-state index contributed by atoms with van der Waals surface area (Å²) in [6.45, 7) is 2.33. The van der Waals surface area contributed by atoms with E-state index in [1.54, 1.807) is 6.26 Å². The zero-order valence-electron chi connectivity index (χ0n) is 6.95. The third-order valence-electron chi connectivity index (χ3n) is 2.23. The van der Waals surface area contributed by atoms with Gasteiger partial charge in [0.2, 0.25) is 0 Å². The molecule has 0 aliphatic carbocycles. The van der Waals surface area contributed by atoms with Gasteiger partial charge in [-0.05, 0) is 37.6 Å². The maximum Gasteiger partial charge on any atom is 0.104 e. The average molecular weight is 188 g/mol. The molecule has 1 aromatic rings. The summed E-state index contributed by atoms with van der Waals surface area (Å²) in [5.74, 6) is 1.92. The molecular weight excluding hydrogens is 174 g/mol. The van der Waals surface area contributed by atoms with Crippen LogP contribution in [0.1, 0.15) is 12.2 Å². The van der Waals surface area contributed by atoms with E-state index in [-0.39, 0.29) is 12.4 Å². The molecule has 1 fully saturated rings. The number of hydrogen-bond acceptors (Lipinski definition) is 2. The Morgan fingerprint density at radius 3 is 3.08 bits per heavy atom. The Kier molecular flexibility index (Phi) is 3.63. The molecule has 1 aliphatic heterocycles. The fourth-order valence-electron chi connectivity index (χ4n) is 1.60. The Morgan fingerprint density at radius 1 is 1.58 bits per heavy atom. The highest BCUT2D eigenvalue weighted by molar-refractivity contribution is 5.85. The summed E-state index contributed by atoms with van der Waals surface area (Å²) >= 11 is 0. The van der Waals surface area contributed by atoms with Crippen molar-refractivity contribution in [2.45, 2.75) is 12.8 Å². The number of rotatable bonds is 2.